The van der Waals surface area contributed by atoms with Crippen molar-refractivity contribution in [3.8, 4) is 0 Å². The maximum atomic E-state index is 12.5. The van der Waals surface area contributed by atoms with Crippen molar-refractivity contribution in [1.29, 1.82) is 0 Å². The van der Waals surface area contributed by atoms with Gasteiger partial charge in [-0.25, -0.2) is 12.7 Å². The molecular weight excluding hydrogens is 333 g/mol. The second-order valence-electron chi connectivity index (χ2n) is 5.48. The molecule has 0 atom stereocenters. The van der Waals surface area contributed by atoms with Gasteiger partial charge in [-0.15, -0.1) is 0 Å². The van der Waals surface area contributed by atoms with Crippen LogP contribution in [0.5, 0.6) is 0 Å². The third-order valence-corrected chi connectivity index (χ3v) is 5.04. The van der Waals surface area contributed by atoms with Crippen molar-refractivity contribution < 1.29 is 26.4 Å². The molecule has 1 amide bonds. The van der Waals surface area contributed by atoms with E-state index in [1.807, 2.05) is 0 Å². The maximum absolute atomic E-state index is 12.5. The predicted molar refractivity (Wildman–Crippen MR) is 78.3 cm³/mol. The zero-order valence-corrected chi connectivity index (χ0v) is 13.2. The summed E-state index contributed by atoms with van der Waals surface area (Å²) < 4.78 is 61.5. The average molecular weight is 350 g/mol. The van der Waals surface area contributed by atoms with Crippen molar-refractivity contribution >= 4 is 15.9 Å². The van der Waals surface area contributed by atoms with Crippen molar-refractivity contribution in [2.45, 2.75) is 25.1 Å². The van der Waals surface area contributed by atoms with Gasteiger partial charge in [0.2, 0.25) is 10.0 Å². The number of nitrogens with zero attached hydrogens (tertiary/aromatic N) is 1. The number of sulfonamides is 1. The zero-order chi connectivity index (χ0) is 17.3. The van der Waals surface area contributed by atoms with E-state index in [2.05, 4.69) is 5.32 Å². The molecule has 1 aliphatic rings. The number of hydrogen-bond donors (Lipinski definition) is 1. The fourth-order valence-electron chi connectivity index (χ4n) is 2.41. The lowest BCUT2D eigenvalue weighted by Gasteiger charge is -2.30. The fraction of sp³-hybridized carbons (Fsp3) is 0.500. The van der Waals surface area contributed by atoms with E-state index in [4.69, 9.17) is 0 Å². The maximum Gasteiger partial charge on any atom is 0.416 e. The predicted octanol–water partition coefficient (Wildman–Crippen LogP) is 1.86. The number of alkyl halides is 3. The zero-order valence-electron chi connectivity index (χ0n) is 12.4. The van der Waals surface area contributed by atoms with Crippen molar-refractivity contribution in [3.05, 3.63) is 35.4 Å². The molecule has 0 bridgehead atoms. The highest BCUT2D eigenvalue weighted by atomic mass is 32.2. The summed E-state index contributed by atoms with van der Waals surface area (Å²) in [4.78, 5) is 12.0. The lowest BCUT2D eigenvalue weighted by atomic mass is 10.1. The van der Waals surface area contributed by atoms with Crippen LogP contribution >= 0.6 is 0 Å². The van der Waals surface area contributed by atoms with Crippen molar-refractivity contribution in [1.82, 2.24) is 9.62 Å². The van der Waals surface area contributed by atoms with Gasteiger partial charge in [-0.1, -0.05) is 0 Å². The van der Waals surface area contributed by atoms with Crippen LogP contribution in [0.4, 0.5) is 13.2 Å². The topological polar surface area (TPSA) is 66.5 Å². The van der Waals surface area contributed by atoms with E-state index in [0.29, 0.717) is 25.9 Å². The van der Waals surface area contributed by atoms with E-state index in [1.54, 1.807) is 0 Å². The number of piperidine rings is 1. The molecule has 9 heteroatoms. The van der Waals surface area contributed by atoms with Gasteiger partial charge in [0.15, 0.2) is 0 Å². The van der Waals surface area contributed by atoms with Gasteiger partial charge in [-0.3, -0.25) is 4.79 Å². The Hall–Kier alpha value is -1.61. The highest BCUT2D eigenvalue weighted by molar-refractivity contribution is 7.88. The van der Waals surface area contributed by atoms with E-state index in [0.717, 1.165) is 30.5 Å². The minimum atomic E-state index is -4.44. The molecule has 1 aliphatic heterocycles. The molecule has 5 nitrogen and oxygen atoms in total. The van der Waals surface area contributed by atoms with Crippen LogP contribution in [-0.2, 0) is 16.2 Å². The molecule has 1 aromatic rings. The van der Waals surface area contributed by atoms with Crippen molar-refractivity contribution in [2.24, 2.45) is 0 Å². The van der Waals surface area contributed by atoms with Gasteiger partial charge in [0, 0.05) is 24.7 Å². The molecule has 1 aromatic carbocycles. The number of carbonyl (C=O) groups excluding carboxylic acids is 1. The number of amides is 1. The molecule has 2 rings (SSSR count). The summed E-state index contributed by atoms with van der Waals surface area (Å²) in [5.41, 5.74) is -0.668. The van der Waals surface area contributed by atoms with Crippen LogP contribution in [0, 0.1) is 0 Å². The van der Waals surface area contributed by atoms with Crippen LogP contribution in [0.25, 0.3) is 0 Å². The Morgan fingerprint density at radius 1 is 1.17 bits per heavy atom. The summed E-state index contributed by atoms with van der Waals surface area (Å²) in [7, 11) is -3.23. The normalized spacial score (nSPS) is 17.9. The Kier molecular flexibility index (Phi) is 5.00. The SMILES string of the molecule is CS(=O)(=O)N1CCC(NC(=O)c2ccc(C(F)(F)F)cc2)CC1. The minimum Gasteiger partial charge on any atom is -0.349 e. The Labute approximate surface area is 132 Å². The molecule has 0 saturated carbocycles. The van der Waals surface area contributed by atoms with Crippen LogP contribution < -0.4 is 5.32 Å². The summed E-state index contributed by atoms with van der Waals surface area (Å²) in [5.74, 6) is -0.462. The Morgan fingerprint density at radius 3 is 2.13 bits per heavy atom. The van der Waals surface area contributed by atoms with Crippen LogP contribution in [-0.4, -0.2) is 44.0 Å². The number of rotatable bonds is 3. The number of hydrogen-bond acceptors (Lipinski definition) is 3. The molecule has 1 saturated heterocycles. The van der Waals surface area contributed by atoms with Crippen LogP contribution in [0.3, 0.4) is 0 Å². The second-order valence-corrected chi connectivity index (χ2v) is 7.47. The van der Waals surface area contributed by atoms with Gasteiger partial charge in [0.25, 0.3) is 5.91 Å². The number of benzene rings is 1. The molecule has 1 heterocycles. The third kappa shape index (κ3) is 4.68. The van der Waals surface area contributed by atoms with Gasteiger partial charge in [0.05, 0.1) is 11.8 Å². The minimum absolute atomic E-state index is 0.142. The van der Waals surface area contributed by atoms with E-state index in [9.17, 15) is 26.4 Å². The summed E-state index contributed by atoms with van der Waals surface area (Å²) in [6.45, 7) is 0.633. The summed E-state index contributed by atoms with van der Waals surface area (Å²) in [5, 5.41) is 2.72. The van der Waals surface area contributed by atoms with Gasteiger partial charge in [-0.2, -0.15) is 13.2 Å². The first-order valence-electron chi connectivity index (χ1n) is 7.00. The van der Waals surface area contributed by atoms with Gasteiger partial charge in [0.1, 0.15) is 0 Å². The Morgan fingerprint density at radius 2 is 1.70 bits per heavy atom. The van der Waals surface area contributed by atoms with E-state index in [-0.39, 0.29) is 11.6 Å². The van der Waals surface area contributed by atoms with Crippen molar-refractivity contribution in [3.63, 3.8) is 0 Å². The first-order valence-corrected chi connectivity index (χ1v) is 8.85. The summed E-state index contributed by atoms with van der Waals surface area (Å²) in [6.07, 6.45) is -2.36. The Balaban J connectivity index is 1.93. The molecule has 0 radical (unpaired) electrons. The monoisotopic (exact) mass is 350 g/mol. The van der Waals surface area contributed by atoms with Crippen LogP contribution in [0.1, 0.15) is 28.8 Å². The standard InChI is InChI=1S/C14H17F3N2O3S/c1-23(21,22)19-8-6-12(7-9-19)18-13(20)10-2-4-11(5-3-10)14(15,16)17/h2-5,12H,6-9H2,1H3,(H,18,20). The van der Waals surface area contributed by atoms with Crippen LogP contribution in [0.2, 0.25) is 0 Å². The first kappa shape index (κ1) is 17.7. The van der Waals surface area contributed by atoms with Crippen molar-refractivity contribution in [2.75, 3.05) is 19.3 Å². The highest BCUT2D eigenvalue weighted by Gasteiger charge is 2.30. The van der Waals surface area contributed by atoms with Crippen LogP contribution in [0.15, 0.2) is 24.3 Å². The first-order chi connectivity index (χ1) is 10.6. The van der Waals surface area contributed by atoms with E-state index >= 15 is 0 Å². The lowest BCUT2D eigenvalue weighted by molar-refractivity contribution is -0.137. The highest BCUT2D eigenvalue weighted by Crippen LogP contribution is 2.29. The third-order valence-electron chi connectivity index (χ3n) is 3.73. The van der Waals surface area contributed by atoms with Gasteiger partial charge >= 0.3 is 6.18 Å². The average Bonchev–Trinajstić information content (AvgIpc) is 2.46. The van der Waals surface area contributed by atoms with E-state index < -0.39 is 27.7 Å². The molecule has 0 aliphatic carbocycles. The molecule has 128 valence electrons. The van der Waals surface area contributed by atoms with Gasteiger partial charge < -0.3 is 5.32 Å². The number of carbonyl (C=O) groups is 1. The molecule has 1 fully saturated rings. The summed E-state index contributed by atoms with van der Waals surface area (Å²) in [6, 6.07) is 3.79. The molecule has 0 unspecified atom stereocenters. The quantitative estimate of drug-likeness (QED) is 0.905. The molecule has 0 spiro atoms. The molecule has 23 heavy (non-hydrogen) atoms. The number of nitrogens with one attached hydrogen (secondary N) is 1. The van der Waals surface area contributed by atoms with E-state index in [1.165, 1.54) is 4.31 Å². The smallest absolute Gasteiger partial charge is 0.349 e. The molecule has 1 N–H and O–H groups in total. The number of halogens is 3. The molecule has 0 aromatic heterocycles. The largest absolute Gasteiger partial charge is 0.416 e. The second kappa shape index (κ2) is 6.48. The molecular formula is C14H17F3N2O3S. The summed E-state index contributed by atoms with van der Waals surface area (Å²) >= 11 is 0. The van der Waals surface area contributed by atoms with Gasteiger partial charge in [-0.05, 0) is 37.1 Å². The lowest BCUT2D eigenvalue weighted by Crippen LogP contribution is -2.46. The fourth-order valence-corrected chi connectivity index (χ4v) is 3.29. The Bertz CT molecular complexity index is 664.